The highest BCUT2D eigenvalue weighted by atomic mass is 32.2. The Morgan fingerprint density at radius 1 is 1.50 bits per heavy atom. The summed E-state index contributed by atoms with van der Waals surface area (Å²) in [5.41, 5.74) is 0.544. The second kappa shape index (κ2) is 7.67. The minimum atomic E-state index is -0.495. The first-order valence-corrected chi connectivity index (χ1v) is 6.48. The molecule has 1 amide bonds. The molecule has 1 aliphatic rings. The van der Waals surface area contributed by atoms with Gasteiger partial charge in [0.1, 0.15) is 0 Å². The van der Waals surface area contributed by atoms with Crippen LogP contribution in [0.25, 0.3) is 0 Å². The van der Waals surface area contributed by atoms with Crippen LogP contribution in [0, 0.1) is 10.1 Å². The molecular formula is C11H15N3O3S. The van der Waals surface area contributed by atoms with E-state index in [-0.39, 0.29) is 5.69 Å². The summed E-state index contributed by atoms with van der Waals surface area (Å²) in [6.45, 7) is 3.39. The van der Waals surface area contributed by atoms with Crippen LogP contribution in [0.3, 0.4) is 0 Å². The number of carbonyl (C=O) groups excluding carboxylic acids is 1. The molecule has 6 nitrogen and oxygen atoms in total. The molecule has 1 aromatic rings. The van der Waals surface area contributed by atoms with Crippen LogP contribution < -0.4 is 10.6 Å². The maximum Gasteiger partial charge on any atom is 0.269 e. The number of carbonyl (C=O) groups is 1. The van der Waals surface area contributed by atoms with Gasteiger partial charge in [-0.2, -0.15) is 0 Å². The van der Waals surface area contributed by atoms with E-state index in [2.05, 4.69) is 17.6 Å². The lowest BCUT2D eigenvalue weighted by atomic mass is 10.3. The number of nitrogens with one attached hydrogen (secondary N) is 2. The number of hydrogen-bond donors (Lipinski definition) is 2. The zero-order valence-electron chi connectivity index (χ0n) is 9.96. The highest BCUT2D eigenvalue weighted by molar-refractivity contribution is 8.00. The van der Waals surface area contributed by atoms with E-state index in [1.165, 1.54) is 36.6 Å². The second-order valence-corrected chi connectivity index (χ2v) is 4.98. The van der Waals surface area contributed by atoms with Crippen LogP contribution in [0.15, 0.2) is 24.3 Å². The SMILES string of the molecule is C[C@H]1NCCS1.O=CNc1ccc([N+](=O)[O-])cc1. The van der Waals surface area contributed by atoms with Gasteiger partial charge in [-0.05, 0) is 19.1 Å². The molecule has 1 aromatic carbocycles. The Kier molecular flexibility index (Phi) is 6.16. The largest absolute Gasteiger partial charge is 0.329 e. The van der Waals surface area contributed by atoms with Gasteiger partial charge < -0.3 is 10.6 Å². The molecule has 0 unspecified atom stereocenters. The molecule has 1 atom stereocenters. The van der Waals surface area contributed by atoms with Gasteiger partial charge in [-0.3, -0.25) is 14.9 Å². The molecule has 2 N–H and O–H groups in total. The number of benzene rings is 1. The fraction of sp³-hybridized carbons (Fsp3) is 0.364. The van der Waals surface area contributed by atoms with Crippen molar-refractivity contribution in [1.29, 1.82) is 0 Å². The van der Waals surface area contributed by atoms with Gasteiger partial charge >= 0.3 is 0 Å². The number of hydrogen-bond acceptors (Lipinski definition) is 5. The van der Waals surface area contributed by atoms with Crippen molar-refractivity contribution in [3.8, 4) is 0 Å². The molecule has 18 heavy (non-hydrogen) atoms. The third-order valence-electron chi connectivity index (χ3n) is 2.21. The van der Waals surface area contributed by atoms with Crippen LogP contribution >= 0.6 is 11.8 Å². The van der Waals surface area contributed by atoms with E-state index in [9.17, 15) is 14.9 Å². The van der Waals surface area contributed by atoms with Crippen molar-refractivity contribution in [3.05, 3.63) is 34.4 Å². The van der Waals surface area contributed by atoms with E-state index in [1.807, 2.05) is 11.8 Å². The number of nitro benzene ring substituents is 1. The molecule has 0 bridgehead atoms. The Bertz CT molecular complexity index is 391. The van der Waals surface area contributed by atoms with E-state index in [0.29, 0.717) is 17.5 Å². The maximum atomic E-state index is 10.2. The summed E-state index contributed by atoms with van der Waals surface area (Å²) >= 11 is 1.99. The number of amides is 1. The highest BCUT2D eigenvalue weighted by Crippen LogP contribution is 2.14. The molecule has 2 rings (SSSR count). The molecule has 0 aromatic heterocycles. The first kappa shape index (κ1) is 14.5. The number of anilines is 1. The average molecular weight is 269 g/mol. The highest BCUT2D eigenvalue weighted by Gasteiger charge is 2.06. The summed E-state index contributed by atoms with van der Waals surface area (Å²) in [5.74, 6) is 1.29. The average Bonchev–Trinajstić information content (AvgIpc) is 2.82. The molecule has 1 saturated heterocycles. The van der Waals surface area contributed by atoms with Gasteiger partial charge in [-0.1, -0.05) is 0 Å². The van der Waals surface area contributed by atoms with Gasteiger partial charge in [0.2, 0.25) is 6.41 Å². The van der Waals surface area contributed by atoms with Crippen molar-refractivity contribution in [3.63, 3.8) is 0 Å². The minimum absolute atomic E-state index is 0.00597. The zero-order chi connectivity index (χ0) is 13.4. The molecule has 0 saturated carbocycles. The van der Waals surface area contributed by atoms with Crippen LogP contribution in [0.4, 0.5) is 11.4 Å². The number of nitro groups is 1. The zero-order valence-corrected chi connectivity index (χ0v) is 10.8. The van der Waals surface area contributed by atoms with Crippen molar-refractivity contribution in [2.24, 2.45) is 0 Å². The Labute approximate surface area is 109 Å². The van der Waals surface area contributed by atoms with E-state index in [0.717, 1.165) is 0 Å². The Morgan fingerprint density at radius 2 is 2.17 bits per heavy atom. The number of rotatable bonds is 3. The summed E-state index contributed by atoms with van der Waals surface area (Å²) in [6.07, 6.45) is 0.515. The monoisotopic (exact) mass is 269 g/mol. The maximum absolute atomic E-state index is 10.2. The summed E-state index contributed by atoms with van der Waals surface area (Å²) in [6, 6.07) is 5.58. The Hall–Kier alpha value is -1.60. The lowest BCUT2D eigenvalue weighted by Gasteiger charge is -1.95. The molecule has 1 heterocycles. The van der Waals surface area contributed by atoms with E-state index in [1.54, 1.807) is 0 Å². The van der Waals surface area contributed by atoms with Gasteiger partial charge in [0.05, 0.1) is 10.3 Å². The summed E-state index contributed by atoms with van der Waals surface area (Å²) in [7, 11) is 0. The molecule has 98 valence electrons. The lowest BCUT2D eigenvalue weighted by Crippen LogP contribution is -2.14. The van der Waals surface area contributed by atoms with Crippen LogP contribution in [-0.2, 0) is 4.79 Å². The van der Waals surface area contributed by atoms with Crippen LogP contribution in [-0.4, -0.2) is 29.0 Å². The molecule has 1 fully saturated rings. The van der Waals surface area contributed by atoms with Crippen LogP contribution in [0.2, 0.25) is 0 Å². The quantitative estimate of drug-likeness (QED) is 0.497. The van der Waals surface area contributed by atoms with Gasteiger partial charge in [0.25, 0.3) is 5.69 Å². The predicted octanol–water partition coefficient (Wildman–Crippen LogP) is 1.83. The lowest BCUT2D eigenvalue weighted by molar-refractivity contribution is -0.384. The van der Waals surface area contributed by atoms with Crippen molar-refractivity contribution in [2.45, 2.75) is 12.3 Å². The molecule has 1 aliphatic heterocycles. The molecule has 0 aliphatic carbocycles. The summed E-state index contributed by atoms with van der Waals surface area (Å²) in [5, 5.41) is 16.6. The number of non-ortho nitro benzene ring substituents is 1. The predicted molar refractivity (Wildman–Crippen MR) is 72.7 cm³/mol. The van der Waals surface area contributed by atoms with E-state index >= 15 is 0 Å². The van der Waals surface area contributed by atoms with E-state index < -0.39 is 4.92 Å². The number of nitrogens with zero attached hydrogens (tertiary/aromatic N) is 1. The van der Waals surface area contributed by atoms with Crippen LogP contribution in [0.5, 0.6) is 0 Å². The van der Waals surface area contributed by atoms with Crippen molar-refractivity contribution in [2.75, 3.05) is 17.6 Å². The molecular weight excluding hydrogens is 254 g/mol. The van der Waals surface area contributed by atoms with Gasteiger partial charge in [-0.15, -0.1) is 11.8 Å². The topological polar surface area (TPSA) is 84.3 Å². The minimum Gasteiger partial charge on any atom is -0.329 e. The standard InChI is InChI=1S/C7H6N2O3.C4H9NS/c10-5-8-6-1-3-7(4-2-6)9(11)12;1-4-5-2-3-6-4/h1-5H,(H,8,10);4-5H,2-3H2,1H3/t;4-/m.0/s1. The normalized spacial score (nSPS) is 17.5. The molecule has 0 spiro atoms. The van der Waals surface area contributed by atoms with Gasteiger partial charge in [0, 0.05) is 30.1 Å². The van der Waals surface area contributed by atoms with Crippen molar-refractivity contribution in [1.82, 2.24) is 5.32 Å². The Balaban J connectivity index is 0.000000225. The fourth-order valence-corrected chi connectivity index (χ4v) is 2.13. The Morgan fingerprint density at radius 3 is 2.50 bits per heavy atom. The van der Waals surface area contributed by atoms with Crippen molar-refractivity contribution < 1.29 is 9.72 Å². The summed E-state index contributed by atoms with van der Waals surface area (Å²) in [4.78, 5) is 19.6. The fourth-order valence-electron chi connectivity index (χ4n) is 1.30. The molecule has 0 radical (unpaired) electrons. The smallest absolute Gasteiger partial charge is 0.269 e. The van der Waals surface area contributed by atoms with Crippen molar-refractivity contribution >= 4 is 29.5 Å². The first-order chi connectivity index (χ1) is 8.63. The second-order valence-electron chi connectivity index (χ2n) is 3.53. The third kappa shape index (κ3) is 5.15. The van der Waals surface area contributed by atoms with Crippen LogP contribution in [0.1, 0.15) is 6.92 Å². The van der Waals surface area contributed by atoms with Gasteiger partial charge in [-0.25, -0.2) is 0 Å². The van der Waals surface area contributed by atoms with Gasteiger partial charge in [0.15, 0.2) is 0 Å². The molecule has 7 heteroatoms. The number of thioether (sulfide) groups is 1. The third-order valence-corrected chi connectivity index (χ3v) is 3.31. The van der Waals surface area contributed by atoms with E-state index in [4.69, 9.17) is 0 Å². The first-order valence-electron chi connectivity index (χ1n) is 5.43. The summed E-state index contributed by atoms with van der Waals surface area (Å²) < 4.78 is 0.